The average Bonchev–Trinajstić information content (AvgIpc) is 3.71. The molecule has 6 heterocycles. The molecule has 3 aromatic carbocycles. The van der Waals surface area contributed by atoms with Crippen LogP contribution in [0.25, 0.3) is 43.3 Å². The quantitative estimate of drug-likeness (QED) is 0.127. The van der Waals surface area contributed by atoms with Gasteiger partial charge in [0, 0.05) is 79.0 Å². The summed E-state index contributed by atoms with van der Waals surface area (Å²) in [7, 11) is 1.67. The normalized spacial score (nSPS) is 18.4. The summed E-state index contributed by atoms with van der Waals surface area (Å²) in [5.41, 5.74) is 6.78. The zero-order valence-corrected chi connectivity index (χ0v) is 34.3. The van der Waals surface area contributed by atoms with E-state index in [9.17, 15) is 24.0 Å². The molecule has 3 aliphatic rings. The van der Waals surface area contributed by atoms with Crippen LogP contribution in [0.5, 0.6) is 0 Å². The van der Waals surface area contributed by atoms with Crippen LogP contribution in [0, 0.1) is 0 Å². The molecule has 60 heavy (non-hydrogen) atoms. The van der Waals surface area contributed by atoms with Crippen molar-refractivity contribution < 1.29 is 28.7 Å². The van der Waals surface area contributed by atoms with Gasteiger partial charge in [0.2, 0.25) is 17.7 Å². The first-order chi connectivity index (χ1) is 29.1. The Bertz CT molecular complexity index is 2710. The van der Waals surface area contributed by atoms with Gasteiger partial charge in [0.25, 0.3) is 5.91 Å². The Balaban J connectivity index is 0.717. The maximum atomic E-state index is 13.0. The fourth-order valence-electron chi connectivity index (χ4n) is 8.40. The SMILES string of the molecule is C[C@@H]1CNc2c(sc3ccc4nc(-c5ccc(N6CCN(C(=O)COCCOCCc7ccc8c(c7)n(C)c(=O)n8C7CCC(=O)NC7=O)CC6)cc5)ccc4c23)C(=O)N1. The van der Waals surface area contributed by atoms with E-state index in [4.69, 9.17) is 14.5 Å². The van der Waals surface area contributed by atoms with Crippen molar-refractivity contribution in [2.24, 2.45) is 7.05 Å². The summed E-state index contributed by atoms with van der Waals surface area (Å²) in [6.45, 7) is 6.38. The van der Waals surface area contributed by atoms with Crippen LogP contribution in [0.1, 0.15) is 41.0 Å². The van der Waals surface area contributed by atoms with E-state index in [0.717, 1.165) is 62.3 Å². The predicted molar refractivity (Wildman–Crippen MR) is 231 cm³/mol. The number of nitrogens with one attached hydrogen (secondary N) is 3. The molecule has 0 aliphatic carbocycles. The monoisotopic (exact) mass is 830 g/mol. The van der Waals surface area contributed by atoms with E-state index in [1.54, 1.807) is 7.05 Å². The van der Waals surface area contributed by atoms with Crippen molar-refractivity contribution in [3.8, 4) is 11.3 Å². The molecule has 2 saturated heterocycles. The van der Waals surface area contributed by atoms with Gasteiger partial charge < -0.3 is 29.9 Å². The number of pyridine rings is 1. The van der Waals surface area contributed by atoms with Gasteiger partial charge in [0.05, 0.1) is 47.8 Å². The van der Waals surface area contributed by atoms with Gasteiger partial charge >= 0.3 is 5.69 Å². The number of anilines is 2. The largest absolute Gasteiger partial charge is 0.381 e. The summed E-state index contributed by atoms with van der Waals surface area (Å²) in [6.07, 6.45) is 1.09. The van der Waals surface area contributed by atoms with Gasteiger partial charge in [-0.2, -0.15) is 0 Å². The third-order valence-electron chi connectivity index (χ3n) is 11.7. The Hall–Kier alpha value is -6.10. The number of aromatic nitrogens is 3. The van der Waals surface area contributed by atoms with E-state index >= 15 is 0 Å². The minimum absolute atomic E-state index is 0.00284. The highest BCUT2D eigenvalue weighted by Gasteiger charge is 2.31. The van der Waals surface area contributed by atoms with E-state index in [-0.39, 0.29) is 48.9 Å². The molecule has 1 unspecified atom stereocenters. The molecule has 3 aliphatic heterocycles. The van der Waals surface area contributed by atoms with Crippen molar-refractivity contribution in [1.82, 2.24) is 29.7 Å². The molecule has 0 bridgehead atoms. The van der Waals surface area contributed by atoms with Crippen molar-refractivity contribution >= 4 is 78.4 Å². The average molecular weight is 831 g/mol. The maximum absolute atomic E-state index is 13.0. The standard InChI is InChI=1S/C44H46N8O7S/c1-26-24-45-40-39-30-8-9-31(47-32(30)10-13-36(39)60-41(40)43(56)46-26)28-4-6-29(7-5-28)50-16-18-51(19-17-50)38(54)25-59-22-21-58-20-15-27-3-11-33-35(23-27)49(2)44(57)52(33)34-12-14-37(53)48-42(34)55/h3-11,13,23,26,34,45H,12,14-22,24-25H2,1-2H3,(H,46,56)(H,48,53,55)/t26-,34?/m1/s1. The lowest BCUT2D eigenvalue weighted by atomic mass is 10.1. The van der Waals surface area contributed by atoms with E-state index < -0.39 is 11.9 Å². The Labute approximate surface area is 349 Å². The van der Waals surface area contributed by atoms with Gasteiger partial charge in [0.15, 0.2) is 0 Å². The van der Waals surface area contributed by atoms with Gasteiger partial charge in [-0.25, -0.2) is 9.78 Å². The molecule has 2 fully saturated rings. The molecule has 15 nitrogen and oxygen atoms in total. The number of imidazole rings is 1. The molecule has 0 saturated carbocycles. The zero-order chi connectivity index (χ0) is 41.5. The van der Waals surface area contributed by atoms with Crippen molar-refractivity contribution in [1.29, 1.82) is 0 Å². The number of piperazine rings is 1. The van der Waals surface area contributed by atoms with Crippen LogP contribution in [-0.4, -0.2) is 108 Å². The molecule has 4 amide bonds. The number of thiophene rings is 1. The molecule has 310 valence electrons. The number of aryl methyl sites for hydroxylation is 1. The first kappa shape index (κ1) is 39.4. The summed E-state index contributed by atoms with van der Waals surface area (Å²) in [6, 6.07) is 21.6. The minimum Gasteiger partial charge on any atom is -0.381 e. The van der Waals surface area contributed by atoms with Crippen LogP contribution in [0.4, 0.5) is 11.4 Å². The molecule has 9 rings (SSSR count). The molecular formula is C44H46N8O7S. The maximum Gasteiger partial charge on any atom is 0.329 e. The second-order valence-electron chi connectivity index (χ2n) is 15.6. The number of hydrogen-bond donors (Lipinski definition) is 3. The number of fused-ring (bicyclic) bond motifs is 6. The van der Waals surface area contributed by atoms with Crippen LogP contribution < -0.4 is 26.5 Å². The van der Waals surface area contributed by atoms with Crippen LogP contribution >= 0.6 is 11.3 Å². The number of benzene rings is 3. The fourth-order valence-corrected chi connectivity index (χ4v) is 9.50. The van der Waals surface area contributed by atoms with E-state index in [1.165, 1.54) is 20.5 Å². The third kappa shape index (κ3) is 7.61. The number of carbonyl (C=O) groups excluding carboxylic acids is 4. The smallest absolute Gasteiger partial charge is 0.329 e. The molecule has 16 heteroatoms. The molecule has 6 aromatic rings. The van der Waals surface area contributed by atoms with Crippen LogP contribution in [-0.2, 0) is 37.3 Å². The number of rotatable bonds is 11. The van der Waals surface area contributed by atoms with E-state index in [1.807, 2.05) is 48.2 Å². The van der Waals surface area contributed by atoms with Crippen molar-refractivity contribution in [3.05, 3.63) is 87.7 Å². The highest BCUT2D eigenvalue weighted by atomic mass is 32.1. The number of nitrogens with zero attached hydrogens (tertiary/aromatic N) is 5. The van der Waals surface area contributed by atoms with Crippen LogP contribution in [0.2, 0.25) is 0 Å². The molecule has 3 aromatic heterocycles. The van der Waals surface area contributed by atoms with Gasteiger partial charge in [-0.15, -0.1) is 11.3 Å². The summed E-state index contributed by atoms with van der Waals surface area (Å²) >= 11 is 1.51. The lowest BCUT2D eigenvalue weighted by Crippen LogP contribution is -2.49. The topological polar surface area (TPSA) is 169 Å². The molecular weight excluding hydrogens is 785 g/mol. The highest BCUT2D eigenvalue weighted by Crippen LogP contribution is 2.41. The summed E-state index contributed by atoms with van der Waals surface area (Å²) in [5.74, 6) is -0.860. The fraction of sp³-hybridized carbons (Fsp3) is 0.364. The number of ether oxygens (including phenoxy) is 2. The lowest BCUT2D eigenvalue weighted by Gasteiger charge is -2.36. The zero-order valence-electron chi connectivity index (χ0n) is 33.5. The predicted octanol–water partition coefficient (Wildman–Crippen LogP) is 4.22. The highest BCUT2D eigenvalue weighted by molar-refractivity contribution is 7.21. The Kier molecular flexibility index (Phi) is 10.8. The van der Waals surface area contributed by atoms with Crippen LogP contribution in [0.15, 0.2) is 71.5 Å². The Morgan fingerprint density at radius 2 is 1.70 bits per heavy atom. The number of piperidine rings is 1. The second kappa shape index (κ2) is 16.5. The number of amides is 4. The summed E-state index contributed by atoms with van der Waals surface area (Å²) in [5, 5.41) is 10.9. The first-order valence-electron chi connectivity index (χ1n) is 20.4. The Morgan fingerprint density at radius 1 is 0.900 bits per heavy atom. The lowest BCUT2D eigenvalue weighted by molar-refractivity contribution is -0.137. The minimum atomic E-state index is -0.720. The molecule has 0 spiro atoms. The van der Waals surface area contributed by atoms with Gasteiger partial charge in [-0.1, -0.05) is 18.2 Å². The van der Waals surface area contributed by atoms with E-state index in [2.05, 4.69) is 51.2 Å². The summed E-state index contributed by atoms with van der Waals surface area (Å²) in [4.78, 5) is 72.7. The first-order valence-corrected chi connectivity index (χ1v) is 21.2. The number of carbonyl (C=O) groups is 4. The molecule has 2 atom stereocenters. The molecule has 3 N–H and O–H groups in total. The van der Waals surface area contributed by atoms with Crippen LogP contribution in [0.3, 0.4) is 0 Å². The van der Waals surface area contributed by atoms with Gasteiger partial charge in [-0.3, -0.25) is 33.6 Å². The second-order valence-corrected chi connectivity index (χ2v) is 16.6. The van der Waals surface area contributed by atoms with Crippen molar-refractivity contribution in [3.63, 3.8) is 0 Å². The van der Waals surface area contributed by atoms with Gasteiger partial charge in [0.1, 0.15) is 17.5 Å². The number of hydrogen-bond acceptors (Lipinski definition) is 11. The van der Waals surface area contributed by atoms with Crippen molar-refractivity contribution in [2.75, 3.05) is 69.4 Å². The number of imide groups is 1. The Morgan fingerprint density at radius 3 is 2.50 bits per heavy atom. The molecule has 0 radical (unpaired) electrons. The third-order valence-corrected chi connectivity index (χ3v) is 12.8. The van der Waals surface area contributed by atoms with E-state index in [0.29, 0.717) is 61.8 Å². The van der Waals surface area contributed by atoms with Gasteiger partial charge in [-0.05, 0) is 73.9 Å². The van der Waals surface area contributed by atoms with Crippen molar-refractivity contribution in [2.45, 2.75) is 38.3 Å². The summed E-state index contributed by atoms with van der Waals surface area (Å²) < 4.78 is 15.5.